The van der Waals surface area contributed by atoms with Gasteiger partial charge in [0.2, 0.25) is 0 Å². The number of hydrogen-bond donors (Lipinski definition) is 1. The van der Waals surface area contributed by atoms with Crippen LogP contribution in [0.1, 0.15) is 46.6 Å². The van der Waals surface area contributed by atoms with Crippen molar-refractivity contribution in [1.29, 1.82) is 0 Å². The molecular formula is C14H23BO. The lowest BCUT2D eigenvalue weighted by molar-refractivity contribution is 0.284. The summed E-state index contributed by atoms with van der Waals surface area (Å²) in [5, 5.41) is 9.25. The van der Waals surface area contributed by atoms with E-state index in [0.29, 0.717) is 11.2 Å². The Balaban J connectivity index is 0.00000225. The Morgan fingerprint density at radius 2 is 1.38 bits per heavy atom. The number of benzene rings is 1. The van der Waals surface area contributed by atoms with Crippen LogP contribution in [0.3, 0.4) is 0 Å². The van der Waals surface area contributed by atoms with Crippen molar-refractivity contribution >= 4 is 8.41 Å². The number of rotatable bonds is 2. The van der Waals surface area contributed by atoms with Gasteiger partial charge in [-0.15, -0.1) is 0 Å². The smallest absolute Gasteiger partial charge is 0.115 e. The average Bonchev–Trinajstić information content (AvgIpc) is 2.00. The second-order valence-corrected chi connectivity index (χ2v) is 6.17. The first-order chi connectivity index (χ1) is 6.71. The Morgan fingerprint density at radius 3 is 1.75 bits per heavy atom. The number of phenolic OH excluding ortho intramolecular Hbond substituents is 1. The third-order valence-corrected chi connectivity index (χ3v) is 2.62. The summed E-state index contributed by atoms with van der Waals surface area (Å²) >= 11 is 0. The van der Waals surface area contributed by atoms with E-state index in [2.05, 4.69) is 34.6 Å². The quantitative estimate of drug-likeness (QED) is 0.753. The summed E-state index contributed by atoms with van der Waals surface area (Å²) in [6, 6.07) is 7.56. The van der Waals surface area contributed by atoms with E-state index in [9.17, 15) is 5.11 Å². The molecule has 0 aromatic heterocycles. The molecule has 0 fully saturated rings. The summed E-state index contributed by atoms with van der Waals surface area (Å²) in [6.07, 6.45) is 1.13. The predicted octanol–water partition coefficient (Wildman–Crippen LogP) is 3.46. The SMILES string of the molecule is CC(C)(C)CC(C)(C)c1ccc(O)cc1.[BH]. The van der Waals surface area contributed by atoms with Crippen LogP contribution in [0, 0.1) is 5.41 Å². The molecule has 88 valence electrons. The van der Waals surface area contributed by atoms with Gasteiger partial charge >= 0.3 is 0 Å². The van der Waals surface area contributed by atoms with E-state index in [1.165, 1.54) is 5.56 Å². The van der Waals surface area contributed by atoms with Crippen molar-refractivity contribution < 1.29 is 5.11 Å². The van der Waals surface area contributed by atoms with Crippen molar-refractivity contribution in [2.75, 3.05) is 0 Å². The molecule has 0 spiro atoms. The fraction of sp³-hybridized carbons (Fsp3) is 0.571. The molecule has 0 aliphatic carbocycles. The Labute approximate surface area is 101 Å². The molecule has 1 N–H and O–H groups in total. The van der Waals surface area contributed by atoms with Gasteiger partial charge in [0.25, 0.3) is 0 Å². The summed E-state index contributed by atoms with van der Waals surface area (Å²) in [5.41, 5.74) is 1.77. The largest absolute Gasteiger partial charge is 0.508 e. The van der Waals surface area contributed by atoms with Crippen LogP contribution in [0.15, 0.2) is 24.3 Å². The molecule has 0 amide bonds. The lowest BCUT2D eigenvalue weighted by Gasteiger charge is -2.33. The second kappa shape index (κ2) is 4.94. The third kappa shape index (κ3) is 4.30. The van der Waals surface area contributed by atoms with Gasteiger partial charge in [0.15, 0.2) is 0 Å². The van der Waals surface area contributed by atoms with Crippen molar-refractivity contribution in [2.24, 2.45) is 5.41 Å². The minimum absolute atomic E-state index is 0. The van der Waals surface area contributed by atoms with Crippen LogP contribution in [0.4, 0.5) is 0 Å². The van der Waals surface area contributed by atoms with Gasteiger partial charge in [0.05, 0.1) is 0 Å². The van der Waals surface area contributed by atoms with Gasteiger partial charge in [0.1, 0.15) is 5.75 Å². The van der Waals surface area contributed by atoms with Crippen LogP contribution >= 0.6 is 0 Å². The number of phenols is 1. The Kier molecular flexibility index (Phi) is 4.66. The molecule has 0 saturated carbocycles. The topological polar surface area (TPSA) is 20.2 Å². The van der Waals surface area contributed by atoms with Gasteiger partial charge in [-0.1, -0.05) is 46.8 Å². The molecule has 16 heavy (non-hydrogen) atoms. The molecule has 2 radical (unpaired) electrons. The third-order valence-electron chi connectivity index (χ3n) is 2.62. The minimum Gasteiger partial charge on any atom is -0.508 e. The van der Waals surface area contributed by atoms with E-state index in [4.69, 9.17) is 0 Å². The Bertz CT molecular complexity index is 320. The molecule has 0 bridgehead atoms. The fourth-order valence-corrected chi connectivity index (χ4v) is 2.34. The average molecular weight is 218 g/mol. The monoisotopic (exact) mass is 218 g/mol. The van der Waals surface area contributed by atoms with Crippen molar-refractivity contribution in [3.8, 4) is 5.75 Å². The lowest BCUT2D eigenvalue weighted by Crippen LogP contribution is -2.24. The van der Waals surface area contributed by atoms with Crippen LogP contribution in [-0.4, -0.2) is 13.5 Å². The van der Waals surface area contributed by atoms with Crippen LogP contribution in [0.25, 0.3) is 0 Å². The standard InChI is InChI=1S/C14H22O.BH/c1-13(2,3)10-14(4,5)11-6-8-12(15)9-7-11;/h6-9,15H,10H2,1-5H3;1H. The lowest BCUT2D eigenvalue weighted by atomic mass is 9.72. The fourth-order valence-electron chi connectivity index (χ4n) is 2.34. The van der Waals surface area contributed by atoms with E-state index >= 15 is 0 Å². The summed E-state index contributed by atoms with van der Waals surface area (Å²) in [4.78, 5) is 0. The van der Waals surface area contributed by atoms with Gasteiger partial charge in [-0.2, -0.15) is 0 Å². The summed E-state index contributed by atoms with van der Waals surface area (Å²) < 4.78 is 0. The summed E-state index contributed by atoms with van der Waals surface area (Å²) in [5.74, 6) is 0.338. The van der Waals surface area contributed by atoms with E-state index < -0.39 is 0 Å². The van der Waals surface area contributed by atoms with Gasteiger partial charge in [-0.25, -0.2) is 0 Å². The van der Waals surface area contributed by atoms with Crippen molar-refractivity contribution in [1.82, 2.24) is 0 Å². The maximum Gasteiger partial charge on any atom is 0.115 e. The molecule has 0 unspecified atom stereocenters. The van der Waals surface area contributed by atoms with E-state index in [0.717, 1.165) is 6.42 Å². The van der Waals surface area contributed by atoms with Crippen LogP contribution < -0.4 is 0 Å². The molecule has 1 aromatic rings. The van der Waals surface area contributed by atoms with E-state index in [1.54, 1.807) is 12.1 Å². The van der Waals surface area contributed by atoms with Crippen molar-refractivity contribution in [3.05, 3.63) is 29.8 Å². The van der Waals surface area contributed by atoms with Crippen molar-refractivity contribution in [3.63, 3.8) is 0 Å². The first-order valence-corrected chi connectivity index (χ1v) is 5.50. The molecule has 0 saturated heterocycles. The second-order valence-electron chi connectivity index (χ2n) is 6.17. The van der Waals surface area contributed by atoms with Crippen LogP contribution in [0.5, 0.6) is 5.75 Å². The Morgan fingerprint density at radius 1 is 0.938 bits per heavy atom. The molecule has 0 atom stereocenters. The molecule has 0 heterocycles. The highest BCUT2D eigenvalue weighted by molar-refractivity contribution is 5.75. The van der Waals surface area contributed by atoms with Crippen LogP contribution in [0.2, 0.25) is 0 Å². The predicted molar refractivity (Wildman–Crippen MR) is 72.4 cm³/mol. The zero-order chi connectivity index (χ0) is 11.7. The van der Waals surface area contributed by atoms with Crippen molar-refractivity contribution in [2.45, 2.75) is 46.5 Å². The highest BCUT2D eigenvalue weighted by Gasteiger charge is 2.26. The molecule has 1 nitrogen and oxygen atoms in total. The Hall–Kier alpha value is -0.915. The molecule has 0 aliphatic heterocycles. The maximum absolute atomic E-state index is 9.25. The van der Waals surface area contributed by atoms with E-state index in [1.807, 2.05) is 12.1 Å². The van der Waals surface area contributed by atoms with Gasteiger partial charge in [0, 0.05) is 8.41 Å². The normalized spacial score (nSPS) is 12.1. The molecule has 2 heteroatoms. The van der Waals surface area contributed by atoms with Gasteiger partial charge in [-0.3, -0.25) is 0 Å². The molecular weight excluding hydrogens is 195 g/mol. The molecule has 1 aromatic carbocycles. The highest BCUT2D eigenvalue weighted by atomic mass is 16.3. The maximum atomic E-state index is 9.25. The summed E-state index contributed by atoms with van der Waals surface area (Å²) in [7, 11) is 0. The molecule has 0 aliphatic rings. The first kappa shape index (κ1) is 15.1. The highest BCUT2D eigenvalue weighted by Crippen LogP contribution is 2.36. The number of hydrogen-bond acceptors (Lipinski definition) is 1. The van der Waals surface area contributed by atoms with E-state index in [-0.39, 0.29) is 13.8 Å². The van der Waals surface area contributed by atoms with Crippen LogP contribution in [-0.2, 0) is 5.41 Å². The zero-order valence-corrected chi connectivity index (χ0v) is 11.2. The first-order valence-electron chi connectivity index (χ1n) is 5.50. The molecule has 1 rings (SSSR count). The zero-order valence-electron chi connectivity index (χ0n) is 11.2. The van der Waals surface area contributed by atoms with Gasteiger partial charge < -0.3 is 5.11 Å². The van der Waals surface area contributed by atoms with Gasteiger partial charge in [-0.05, 0) is 34.9 Å². The minimum atomic E-state index is 0. The number of aromatic hydroxyl groups is 1. The summed E-state index contributed by atoms with van der Waals surface area (Å²) in [6.45, 7) is 11.3.